The molecule has 164 valence electrons. The fraction of sp³-hybridized carbons (Fsp3) is 0.300. The lowest BCUT2D eigenvalue weighted by atomic mass is 10.2. The maximum atomic E-state index is 12.7. The summed E-state index contributed by atoms with van der Waals surface area (Å²) in [5.41, 5.74) is 0.624. The van der Waals surface area contributed by atoms with E-state index in [2.05, 4.69) is 10.3 Å². The van der Waals surface area contributed by atoms with E-state index < -0.39 is 11.5 Å². The normalized spacial score (nSPS) is 10.8. The van der Waals surface area contributed by atoms with Crippen LogP contribution in [0.5, 0.6) is 5.75 Å². The van der Waals surface area contributed by atoms with E-state index in [1.54, 1.807) is 38.1 Å². The Kier molecular flexibility index (Phi) is 7.18. The second-order valence-electron chi connectivity index (χ2n) is 6.32. The van der Waals surface area contributed by atoms with E-state index in [0.717, 1.165) is 27.8 Å². The number of nitrogens with zero attached hydrogens (tertiary/aromatic N) is 2. The van der Waals surface area contributed by atoms with Gasteiger partial charge in [-0.25, -0.2) is 14.5 Å². The maximum Gasteiger partial charge on any atom is 0.348 e. The average Bonchev–Trinajstić information content (AvgIpc) is 3.08. The summed E-state index contributed by atoms with van der Waals surface area (Å²) in [7, 11) is 0. The van der Waals surface area contributed by atoms with Crippen molar-refractivity contribution in [1.29, 1.82) is 0 Å². The third-order valence-corrected chi connectivity index (χ3v) is 6.32. The molecule has 0 aliphatic rings. The van der Waals surface area contributed by atoms with Crippen molar-refractivity contribution in [3.8, 4) is 5.75 Å². The first-order valence-electron chi connectivity index (χ1n) is 9.49. The number of nitrogens with two attached hydrogens (primary N) is 1. The molecule has 1 aromatic carbocycles. The number of aromatic nitrogens is 2. The van der Waals surface area contributed by atoms with Crippen LogP contribution in [-0.2, 0) is 9.53 Å². The highest BCUT2D eigenvalue weighted by molar-refractivity contribution is 7.99. The van der Waals surface area contributed by atoms with E-state index in [1.807, 2.05) is 6.92 Å². The number of aryl methyl sites for hydroxylation is 1. The van der Waals surface area contributed by atoms with E-state index in [9.17, 15) is 14.4 Å². The molecule has 0 atom stereocenters. The van der Waals surface area contributed by atoms with Crippen LogP contribution in [0, 0.1) is 6.92 Å². The Morgan fingerprint density at radius 1 is 1.23 bits per heavy atom. The number of thiophene rings is 1. The maximum absolute atomic E-state index is 12.7. The minimum Gasteiger partial charge on any atom is -0.494 e. The second kappa shape index (κ2) is 9.84. The van der Waals surface area contributed by atoms with Crippen molar-refractivity contribution >= 4 is 50.9 Å². The standard InChI is InChI=1S/C20H22N4O5S2/c1-4-28-13-8-6-12(7-9-13)22-14(25)10-30-20-23-17-15(18(26)24(20)21)11(3)16(31-17)19(27)29-5-2/h6-9H,4-5,10,21H2,1-3H3,(H,22,25). The predicted molar refractivity (Wildman–Crippen MR) is 122 cm³/mol. The first-order chi connectivity index (χ1) is 14.8. The van der Waals surface area contributed by atoms with Crippen LogP contribution in [0.4, 0.5) is 5.69 Å². The molecular formula is C20H22N4O5S2. The van der Waals surface area contributed by atoms with Crippen LogP contribution >= 0.6 is 23.1 Å². The number of nitrogens with one attached hydrogen (secondary N) is 1. The minimum absolute atomic E-state index is 0.00253. The summed E-state index contributed by atoms with van der Waals surface area (Å²) in [4.78, 5) is 42.2. The van der Waals surface area contributed by atoms with Crippen LogP contribution < -0.4 is 21.5 Å². The van der Waals surface area contributed by atoms with E-state index >= 15 is 0 Å². The number of benzene rings is 1. The quantitative estimate of drug-likeness (QED) is 0.227. The molecule has 0 bridgehead atoms. The average molecular weight is 463 g/mol. The Bertz CT molecular complexity index is 1170. The third-order valence-electron chi connectivity index (χ3n) is 4.21. The molecule has 3 rings (SSSR count). The number of ether oxygens (including phenoxy) is 2. The fourth-order valence-electron chi connectivity index (χ4n) is 2.80. The molecule has 0 aliphatic heterocycles. The van der Waals surface area contributed by atoms with Gasteiger partial charge in [0, 0.05) is 5.69 Å². The lowest BCUT2D eigenvalue weighted by molar-refractivity contribution is -0.113. The van der Waals surface area contributed by atoms with Crippen LogP contribution in [-0.4, -0.2) is 40.5 Å². The number of amides is 1. The van der Waals surface area contributed by atoms with Gasteiger partial charge in [-0.15, -0.1) is 11.3 Å². The van der Waals surface area contributed by atoms with Crippen molar-refractivity contribution in [2.45, 2.75) is 25.9 Å². The molecule has 2 aromatic heterocycles. The van der Waals surface area contributed by atoms with Gasteiger partial charge in [0.15, 0.2) is 5.16 Å². The highest BCUT2D eigenvalue weighted by atomic mass is 32.2. The summed E-state index contributed by atoms with van der Waals surface area (Å²) in [6.07, 6.45) is 0. The summed E-state index contributed by atoms with van der Waals surface area (Å²) < 4.78 is 11.3. The van der Waals surface area contributed by atoms with Gasteiger partial charge in [-0.1, -0.05) is 11.8 Å². The van der Waals surface area contributed by atoms with Crippen LogP contribution in [0.3, 0.4) is 0 Å². The second-order valence-corrected chi connectivity index (χ2v) is 8.26. The summed E-state index contributed by atoms with van der Waals surface area (Å²) in [6, 6.07) is 7.00. The van der Waals surface area contributed by atoms with Crippen molar-refractivity contribution in [2.24, 2.45) is 0 Å². The number of fused-ring (bicyclic) bond motifs is 1. The summed E-state index contributed by atoms with van der Waals surface area (Å²) in [6.45, 7) is 6.05. The number of rotatable bonds is 8. The van der Waals surface area contributed by atoms with E-state index in [4.69, 9.17) is 15.3 Å². The van der Waals surface area contributed by atoms with Gasteiger partial charge in [0.05, 0.1) is 24.4 Å². The molecule has 9 nitrogen and oxygen atoms in total. The van der Waals surface area contributed by atoms with Crippen molar-refractivity contribution in [3.63, 3.8) is 0 Å². The first kappa shape index (κ1) is 22.6. The van der Waals surface area contributed by atoms with Crippen LogP contribution in [0.2, 0.25) is 0 Å². The number of nitrogen functional groups attached to an aromatic ring is 1. The van der Waals surface area contributed by atoms with Gasteiger partial charge in [0.2, 0.25) is 5.91 Å². The van der Waals surface area contributed by atoms with E-state index in [0.29, 0.717) is 33.3 Å². The van der Waals surface area contributed by atoms with Gasteiger partial charge < -0.3 is 20.6 Å². The fourth-order valence-corrected chi connectivity index (χ4v) is 4.63. The molecule has 0 fully saturated rings. The highest BCUT2D eigenvalue weighted by Crippen LogP contribution is 2.29. The minimum atomic E-state index is -0.505. The smallest absolute Gasteiger partial charge is 0.348 e. The molecule has 2 heterocycles. The van der Waals surface area contributed by atoms with Gasteiger partial charge in [0.25, 0.3) is 5.56 Å². The number of esters is 1. The zero-order valence-corrected chi connectivity index (χ0v) is 18.9. The Hall–Kier alpha value is -3.05. The van der Waals surface area contributed by atoms with E-state index in [1.165, 1.54) is 0 Å². The first-order valence-corrected chi connectivity index (χ1v) is 11.3. The number of thioether (sulfide) groups is 1. The Labute approximate surface area is 186 Å². The van der Waals surface area contributed by atoms with Crippen LogP contribution in [0.15, 0.2) is 34.2 Å². The summed E-state index contributed by atoms with van der Waals surface area (Å²) in [5.74, 6) is 5.84. The molecule has 3 aromatic rings. The summed E-state index contributed by atoms with van der Waals surface area (Å²) >= 11 is 2.10. The summed E-state index contributed by atoms with van der Waals surface area (Å²) in [5, 5.41) is 3.22. The molecule has 3 N–H and O–H groups in total. The molecule has 11 heteroatoms. The van der Waals surface area contributed by atoms with Crippen LogP contribution in [0.1, 0.15) is 29.1 Å². The topological polar surface area (TPSA) is 126 Å². The molecule has 1 amide bonds. The Morgan fingerprint density at radius 3 is 2.58 bits per heavy atom. The number of hydrogen-bond donors (Lipinski definition) is 2. The van der Waals surface area contributed by atoms with Gasteiger partial charge in [0.1, 0.15) is 15.5 Å². The van der Waals surface area contributed by atoms with Crippen molar-refractivity contribution in [2.75, 3.05) is 30.1 Å². The van der Waals surface area contributed by atoms with Gasteiger partial charge in [-0.3, -0.25) is 9.59 Å². The number of anilines is 1. The molecule has 0 aliphatic carbocycles. The lowest BCUT2D eigenvalue weighted by Gasteiger charge is -2.08. The predicted octanol–water partition coefficient (Wildman–Crippen LogP) is 2.79. The lowest BCUT2D eigenvalue weighted by Crippen LogP contribution is -2.30. The Balaban J connectivity index is 1.75. The van der Waals surface area contributed by atoms with Crippen LogP contribution in [0.25, 0.3) is 10.2 Å². The number of hydrogen-bond acceptors (Lipinski definition) is 9. The van der Waals surface area contributed by atoms with Gasteiger partial charge >= 0.3 is 5.97 Å². The van der Waals surface area contributed by atoms with Crippen molar-refractivity contribution < 1.29 is 19.1 Å². The molecule has 0 unspecified atom stereocenters. The molecular weight excluding hydrogens is 440 g/mol. The third kappa shape index (κ3) is 5.00. The molecule has 0 saturated carbocycles. The number of carbonyl (C=O) groups excluding carboxylic acids is 2. The van der Waals surface area contributed by atoms with Gasteiger partial charge in [-0.2, -0.15) is 0 Å². The molecule has 0 spiro atoms. The van der Waals surface area contributed by atoms with Gasteiger partial charge in [-0.05, 0) is 50.6 Å². The molecule has 31 heavy (non-hydrogen) atoms. The highest BCUT2D eigenvalue weighted by Gasteiger charge is 2.22. The Morgan fingerprint density at radius 2 is 1.94 bits per heavy atom. The zero-order valence-electron chi connectivity index (χ0n) is 17.3. The SMILES string of the molecule is CCOC(=O)c1sc2nc(SCC(=O)Nc3ccc(OCC)cc3)n(N)c(=O)c2c1C. The van der Waals surface area contributed by atoms with Crippen molar-refractivity contribution in [1.82, 2.24) is 9.66 Å². The zero-order chi connectivity index (χ0) is 22.5. The van der Waals surface area contributed by atoms with E-state index in [-0.39, 0.29) is 28.8 Å². The molecule has 0 radical (unpaired) electrons. The molecule has 0 saturated heterocycles. The number of carbonyl (C=O) groups is 2. The largest absolute Gasteiger partial charge is 0.494 e. The monoisotopic (exact) mass is 462 g/mol. The van der Waals surface area contributed by atoms with Crippen molar-refractivity contribution in [3.05, 3.63) is 45.1 Å².